The van der Waals surface area contributed by atoms with Gasteiger partial charge in [-0.15, -0.1) is 23.1 Å². The number of anilines is 2. The summed E-state index contributed by atoms with van der Waals surface area (Å²) in [6.45, 7) is 5.85. The van der Waals surface area contributed by atoms with Crippen molar-refractivity contribution in [2.24, 2.45) is 0 Å². The average Bonchev–Trinajstić information content (AvgIpc) is 3.10. The van der Waals surface area contributed by atoms with Crippen molar-refractivity contribution >= 4 is 45.7 Å². The second-order valence-electron chi connectivity index (χ2n) is 6.86. The molecule has 0 aliphatic heterocycles. The molecular weight excluding hydrogens is 414 g/mol. The first-order chi connectivity index (χ1) is 14.5. The quantitative estimate of drug-likeness (QED) is 0.424. The smallest absolute Gasteiger partial charge is 0.239 e. The topological polar surface area (TPSA) is 71.1 Å². The number of hydrogen-bond acceptors (Lipinski definition) is 5. The molecule has 2 amide bonds. The van der Waals surface area contributed by atoms with Gasteiger partial charge < -0.3 is 10.6 Å². The van der Waals surface area contributed by atoms with E-state index in [9.17, 15) is 9.59 Å². The van der Waals surface area contributed by atoms with Crippen molar-refractivity contribution in [2.45, 2.75) is 43.8 Å². The fraction of sp³-hybridized carbons (Fsp3) is 0.261. The SMILES string of the molecule is CCCC(=O)Nc1ccc(SC(C)C(=O)Nc2nc(-c3ccccc3)c(C)s2)cc1. The van der Waals surface area contributed by atoms with Crippen LogP contribution in [-0.2, 0) is 9.59 Å². The fourth-order valence-electron chi connectivity index (χ4n) is 2.85. The Morgan fingerprint density at radius 2 is 1.77 bits per heavy atom. The molecule has 7 heteroatoms. The molecular formula is C23H25N3O2S2. The molecule has 1 aromatic heterocycles. The van der Waals surface area contributed by atoms with Gasteiger partial charge in [0.05, 0.1) is 10.9 Å². The minimum Gasteiger partial charge on any atom is -0.326 e. The minimum atomic E-state index is -0.282. The maximum Gasteiger partial charge on any atom is 0.239 e. The first-order valence-corrected chi connectivity index (χ1v) is 11.6. The van der Waals surface area contributed by atoms with Crippen molar-refractivity contribution in [1.29, 1.82) is 0 Å². The molecule has 2 aromatic carbocycles. The second kappa shape index (κ2) is 10.4. The molecule has 30 heavy (non-hydrogen) atoms. The second-order valence-corrected chi connectivity index (χ2v) is 9.48. The summed E-state index contributed by atoms with van der Waals surface area (Å²) in [5, 5.41) is 6.13. The Kier molecular flexibility index (Phi) is 7.65. The number of thioether (sulfide) groups is 1. The number of hydrogen-bond donors (Lipinski definition) is 2. The van der Waals surface area contributed by atoms with E-state index in [1.54, 1.807) is 0 Å². The summed E-state index contributed by atoms with van der Waals surface area (Å²) in [7, 11) is 0. The fourth-order valence-corrected chi connectivity index (χ4v) is 4.55. The van der Waals surface area contributed by atoms with Gasteiger partial charge in [0, 0.05) is 27.4 Å². The molecule has 3 rings (SSSR count). The number of aromatic nitrogens is 1. The van der Waals surface area contributed by atoms with E-state index in [4.69, 9.17) is 0 Å². The van der Waals surface area contributed by atoms with Crippen LogP contribution in [0.5, 0.6) is 0 Å². The molecule has 0 fully saturated rings. The Morgan fingerprint density at radius 1 is 1.07 bits per heavy atom. The lowest BCUT2D eigenvalue weighted by Gasteiger charge is -2.11. The Balaban J connectivity index is 1.58. The molecule has 5 nitrogen and oxygen atoms in total. The highest BCUT2D eigenvalue weighted by Gasteiger charge is 2.18. The molecule has 0 bridgehead atoms. The van der Waals surface area contributed by atoms with Crippen LogP contribution in [0, 0.1) is 6.92 Å². The van der Waals surface area contributed by atoms with Crippen LogP contribution in [0.1, 0.15) is 31.6 Å². The van der Waals surface area contributed by atoms with Gasteiger partial charge in [0.2, 0.25) is 11.8 Å². The van der Waals surface area contributed by atoms with Gasteiger partial charge in [-0.25, -0.2) is 4.98 Å². The van der Waals surface area contributed by atoms with Gasteiger partial charge in [-0.2, -0.15) is 0 Å². The van der Waals surface area contributed by atoms with Crippen molar-refractivity contribution in [2.75, 3.05) is 10.6 Å². The lowest BCUT2D eigenvalue weighted by molar-refractivity contribution is -0.116. The summed E-state index contributed by atoms with van der Waals surface area (Å²) in [6.07, 6.45) is 1.33. The molecule has 0 spiro atoms. The standard InChI is InChI=1S/C23H25N3O2S2/c1-4-8-20(27)24-18-11-13-19(14-12-18)29-16(3)22(28)26-23-25-21(15(2)30-23)17-9-6-5-7-10-17/h5-7,9-14,16H,4,8H2,1-3H3,(H,24,27)(H,25,26,28). The largest absolute Gasteiger partial charge is 0.326 e. The van der Waals surface area contributed by atoms with Crippen LogP contribution in [-0.4, -0.2) is 22.0 Å². The van der Waals surface area contributed by atoms with Gasteiger partial charge in [-0.1, -0.05) is 37.3 Å². The molecule has 0 aliphatic rings. The van der Waals surface area contributed by atoms with Crippen LogP contribution < -0.4 is 10.6 Å². The zero-order chi connectivity index (χ0) is 21.5. The number of nitrogens with zero attached hydrogens (tertiary/aromatic N) is 1. The molecule has 0 aliphatic carbocycles. The molecule has 1 heterocycles. The van der Waals surface area contributed by atoms with Gasteiger partial charge in [0.15, 0.2) is 5.13 Å². The third-order valence-electron chi connectivity index (χ3n) is 4.37. The molecule has 1 atom stereocenters. The summed E-state index contributed by atoms with van der Waals surface area (Å²) in [4.78, 5) is 30.9. The van der Waals surface area contributed by atoms with E-state index >= 15 is 0 Å². The zero-order valence-corrected chi connectivity index (χ0v) is 18.9. The van der Waals surface area contributed by atoms with Crippen LogP contribution in [0.2, 0.25) is 0 Å². The summed E-state index contributed by atoms with van der Waals surface area (Å²) in [5.41, 5.74) is 2.71. The van der Waals surface area contributed by atoms with Gasteiger partial charge in [0.25, 0.3) is 0 Å². The van der Waals surface area contributed by atoms with E-state index in [0.717, 1.165) is 33.1 Å². The molecule has 0 radical (unpaired) electrons. The first kappa shape index (κ1) is 22.1. The maximum absolute atomic E-state index is 12.6. The Hall–Kier alpha value is -2.64. The van der Waals surface area contributed by atoms with Gasteiger partial charge in [-0.3, -0.25) is 9.59 Å². The van der Waals surface area contributed by atoms with Crippen molar-refractivity contribution < 1.29 is 9.59 Å². The average molecular weight is 440 g/mol. The van der Waals surface area contributed by atoms with E-state index < -0.39 is 0 Å². The predicted molar refractivity (Wildman–Crippen MR) is 126 cm³/mol. The van der Waals surface area contributed by atoms with Gasteiger partial charge in [0.1, 0.15) is 0 Å². The number of benzene rings is 2. The predicted octanol–water partition coefficient (Wildman–Crippen LogP) is 5.98. The number of thiazole rings is 1. The Morgan fingerprint density at radius 3 is 2.43 bits per heavy atom. The van der Waals surface area contributed by atoms with Crippen molar-refractivity contribution in [3.05, 3.63) is 59.5 Å². The van der Waals surface area contributed by atoms with Crippen LogP contribution in [0.4, 0.5) is 10.8 Å². The van der Waals surface area contributed by atoms with E-state index in [-0.39, 0.29) is 17.1 Å². The summed E-state index contributed by atoms with van der Waals surface area (Å²) in [6, 6.07) is 17.5. The van der Waals surface area contributed by atoms with E-state index in [1.165, 1.54) is 23.1 Å². The monoisotopic (exact) mass is 439 g/mol. The minimum absolute atomic E-state index is 0.0132. The highest BCUT2D eigenvalue weighted by molar-refractivity contribution is 8.00. The maximum atomic E-state index is 12.6. The van der Waals surface area contributed by atoms with E-state index in [1.807, 2.05) is 75.4 Å². The van der Waals surface area contributed by atoms with Crippen molar-refractivity contribution in [1.82, 2.24) is 4.98 Å². The van der Waals surface area contributed by atoms with E-state index in [2.05, 4.69) is 15.6 Å². The van der Waals surface area contributed by atoms with Crippen LogP contribution >= 0.6 is 23.1 Å². The molecule has 2 N–H and O–H groups in total. The van der Waals surface area contributed by atoms with Crippen LogP contribution in [0.25, 0.3) is 11.3 Å². The number of amides is 2. The van der Waals surface area contributed by atoms with Gasteiger partial charge in [-0.05, 0) is 44.5 Å². The lowest BCUT2D eigenvalue weighted by atomic mass is 10.1. The lowest BCUT2D eigenvalue weighted by Crippen LogP contribution is -2.22. The molecule has 0 saturated carbocycles. The third kappa shape index (κ3) is 5.93. The summed E-state index contributed by atoms with van der Waals surface area (Å²) in [5.74, 6) is -0.0760. The zero-order valence-electron chi connectivity index (χ0n) is 17.3. The number of aryl methyl sites for hydroxylation is 1. The molecule has 156 valence electrons. The van der Waals surface area contributed by atoms with E-state index in [0.29, 0.717) is 11.6 Å². The molecule has 3 aromatic rings. The highest BCUT2D eigenvalue weighted by atomic mass is 32.2. The van der Waals surface area contributed by atoms with Crippen LogP contribution in [0.15, 0.2) is 59.5 Å². The number of rotatable bonds is 8. The third-order valence-corrected chi connectivity index (χ3v) is 6.37. The first-order valence-electron chi connectivity index (χ1n) is 9.86. The van der Waals surface area contributed by atoms with Crippen LogP contribution in [0.3, 0.4) is 0 Å². The van der Waals surface area contributed by atoms with Crippen molar-refractivity contribution in [3.8, 4) is 11.3 Å². The molecule has 0 saturated heterocycles. The molecule has 1 unspecified atom stereocenters. The number of nitrogens with one attached hydrogen (secondary N) is 2. The summed E-state index contributed by atoms with van der Waals surface area (Å²) >= 11 is 2.95. The highest BCUT2D eigenvalue weighted by Crippen LogP contribution is 2.31. The number of carbonyl (C=O) groups is 2. The Bertz CT molecular complexity index is 1000. The van der Waals surface area contributed by atoms with Gasteiger partial charge >= 0.3 is 0 Å². The Labute approximate surface area is 185 Å². The summed E-state index contributed by atoms with van der Waals surface area (Å²) < 4.78 is 0. The normalized spacial score (nSPS) is 11.7. The van der Waals surface area contributed by atoms with Crippen molar-refractivity contribution in [3.63, 3.8) is 0 Å². The number of carbonyl (C=O) groups excluding carboxylic acids is 2.